The first-order valence-electron chi connectivity index (χ1n) is 6.30. The topological polar surface area (TPSA) is 20.3 Å². The van der Waals surface area contributed by atoms with Crippen LogP contribution in [0.25, 0.3) is 0 Å². The van der Waals surface area contributed by atoms with E-state index in [1.165, 1.54) is 36.8 Å². The van der Waals surface area contributed by atoms with Crippen molar-refractivity contribution in [2.45, 2.75) is 36.9 Å². The summed E-state index contributed by atoms with van der Waals surface area (Å²) >= 11 is 3.53. The summed E-state index contributed by atoms with van der Waals surface area (Å²) < 4.78 is 0. The van der Waals surface area contributed by atoms with Crippen LogP contribution in [-0.2, 0) is 17.6 Å². The summed E-state index contributed by atoms with van der Waals surface area (Å²) in [4.78, 5) is 14.1. The van der Waals surface area contributed by atoms with Gasteiger partial charge in [0.25, 0.3) is 0 Å². The maximum Gasteiger partial charge on any atom is 0.228 e. The highest BCUT2D eigenvalue weighted by molar-refractivity contribution is 9.09. The van der Waals surface area contributed by atoms with Crippen molar-refractivity contribution in [1.82, 2.24) is 0 Å². The Bertz CT molecular complexity index is 458. The van der Waals surface area contributed by atoms with Crippen LogP contribution in [0.2, 0.25) is 0 Å². The van der Waals surface area contributed by atoms with Crippen molar-refractivity contribution in [3.05, 3.63) is 29.3 Å². The van der Waals surface area contributed by atoms with Gasteiger partial charge in [0.1, 0.15) is 0 Å². The average Bonchev–Trinajstić information content (AvgIpc) is 2.68. The Kier molecular flexibility index (Phi) is 2.95. The van der Waals surface area contributed by atoms with Crippen LogP contribution in [0.3, 0.4) is 0 Å². The van der Waals surface area contributed by atoms with Crippen molar-refractivity contribution in [1.29, 1.82) is 0 Å². The molecular formula is C14H16BrNO. The van der Waals surface area contributed by atoms with E-state index in [4.69, 9.17) is 0 Å². The standard InChI is InChI=1S/C14H16BrNO/c15-12-8-14(17)16(9-12)13-6-5-10-3-1-2-4-11(10)7-13/h5-7,12H,1-4,8-9H2. The monoisotopic (exact) mass is 293 g/mol. The van der Waals surface area contributed by atoms with Crippen LogP contribution in [0, 0.1) is 0 Å². The van der Waals surface area contributed by atoms with Gasteiger partial charge in [-0.25, -0.2) is 0 Å². The quantitative estimate of drug-likeness (QED) is 0.729. The molecule has 1 aromatic rings. The van der Waals surface area contributed by atoms with Crippen molar-refractivity contribution in [2.24, 2.45) is 0 Å². The Hall–Kier alpha value is -0.830. The Morgan fingerprint density at radius 1 is 1.18 bits per heavy atom. The van der Waals surface area contributed by atoms with Crippen LogP contribution in [0.5, 0.6) is 0 Å². The molecule has 3 heteroatoms. The molecule has 0 spiro atoms. The average molecular weight is 294 g/mol. The SMILES string of the molecule is O=C1CC(Br)CN1c1ccc2c(c1)CCCC2. The molecule has 17 heavy (non-hydrogen) atoms. The Morgan fingerprint density at radius 2 is 1.94 bits per heavy atom. The van der Waals surface area contributed by atoms with E-state index in [1.54, 1.807) is 0 Å². The van der Waals surface area contributed by atoms with Gasteiger partial charge in [-0.15, -0.1) is 0 Å². The van der Waals surface area contributed by atoms with E-state index in [0.29, 0.717) is 11.2 Å². The van der Waals surface area contributed by atoms with Crippen molar-refractivity contribution >= 4 is 27.5 Å². The zero-order valence-electron chi connectivity index (χ0n) is 9.79. The first-order valence-corrected chi connectivity index (χ1v) is 7.22. The van der Waals surface area contributed by atoms with Gasteiger partial charge in [0.15, 0.2) is 0 Å². The largest absolute Gasteiger partial charge is 0.311 e. The van der Waals surface area contributed by atoms with Crippen LogP contribution in [-0.4, -0.2) is 17.3 Å². The molecule has 0 radical (unpaired) electrons. The van der Waals surface area contributed by atoms with E-state index >= 15 is 0 Å². The van der Waals surface area contributed by atoms with E-state index in [1.807, 2.05) is 4.90 Å². The summed E-state index contributed by atoms with van der Waals surface area (Å²) in [6.45, 7) is 0.803. The number of hydrogen-bond donors (Lipinski definition) is 0. The normalized spacial score (nSPS) is 23.9. The van der Waals surface area contributed by atoms with Gasteiger partial charge >= 0.3 is 0 Å². The van der Waals surface area contributed by atoms with E-state index in [2.05, 4.69) is 34.1 Å². The minimum Gasteiger partial charge on any atom is -0.311 e. The van der Waals surface area contributed by atoms with Crippen LogP contribution < -0.4 is 4.90 Å². The van der Waals surface area contributed by atoms with Crippen LogP contribution >= 0.6 is 15.9 Å². The first-order chi connectivity index (χ1) is 8.24. The summed E-state index contributed by atoms with van der Waals surface area (Å²) in [6.07, 6.45) is 5.58. The molecule has 1 aliphatic heterocycles. The summed E-state index contributed by atoms with van der Waals surface area (Å²) in [5.74, 6) is 0.239. The number of hydrogen-bond acceptors (Lipinski definition) is 1. The van der Waals surface area contributed by atoms with Gasteiger partial charge < -0.3 is 4.90 Å². The van der Waals surface area contributed by atoms with Crippen molar-refractivity contribution in [2.75, 3.05) is 11.4 Å². The van der Waals surface area contributed by atoms with Crippen molar-refractivity contribution < 1.29 is 4.79 Å². The van der Waals surface area contributed by atoms with Crippen molar-refractivity contribution in [3.63, 3.8) is 0 Å². The molecule has 0 saturated carbocycles. The minimum atomic E-state index is 0.239. The van der Waals surface area contributed by atoms with Gasteiger partial charge in [-0.3, -0.25) is 4.79 Å². The fourth-order valence-corrected chi connectivity index (χ4v) is 3.37. The molecule has 0 N–H and O–H groups in total. The lowest BCUT2D eigenvalue weighted by atomic mass is 9.91. The fraction of sp³-hybridized carbons (Fsp3) is 0.500. The molecule has 1 aromatic carbocycles. The zero-order chi connectivity index (χ0) is 11.8. The van der Waals surface area contributed by atoms with Crippen LogP contribution in [0.4, 0.5) is 5.69 Å². The second-order valence-corrected chi connectivity index (χ2v) is 6.26. The van der Waals surface area contributed by atoms with Gasteiger partial charge in [0, 0.05) is 23.5 Å². The number of fused-ring (bicyclic) bond motifs is 1. The molecule has 2 nitrogen and oxygen atoms in total. The van der Waals surface area contributed by atoms with Gasteiger partial charge in [0.05, 0.1) is 0 Å². The maximum absolute atomic E-state index is 11.8. The third-order valence-electron chi connectivity index (χ3n) is 3.72. The number of halogens is 1. The van der Waals surface area contributed by atoms with Crippen LogP contribution in [0.1, 0.15) is 30.4 Å². The molecule has 1 unspecified atom stereocenters. The molecule has 1 fully saturated rings. The van der Waals surface area contributed by atoms with E-state index in [-0.39, 0.29) is 5.91 Å². The van der Waals surface area contributed by atoms with Gasteiger partial charge in [-0.1, -0.05) is 22.0 Å². The van der Waals surface area contributed by atoms with Gasteiger partial charge in [-0.05, 0) is 48.9 Å². The van der Waals surface area contributed by atoms with Gasteiger partial charge in [0.2, 0.25) is 5.91 Å². The molecule has 0 aromatic heterocycles. The van der Waals surface area contributed by atoms with E-state index in [9.17, 15) is 4.79 Å². The Morgan fingerprint density at radius 3 is 2.65 bits per heavy atom. The molecular weight excluding hydrogens is 278 g/mol. The second kappa shape index (κ2) is 4.45. The molecule has 0 bridgehead atoms. The predicted molar refractivity (Wildman–Crippen MR) is 72.8 cm³/mol. The lowest BCUT2D eigenvalue weighted by Gasteiger charge is -2.21. The predicted octanol–water partition coefficient (Wildman–Crippen LogP) is 3.07. The zero-order valence-corrected chi connectivity index (χ0v) is 11.4. The second-order valence-electron chi connectivity index (χ2n) is 4.97. The van der Waals surface area contributed by atoms with E-state index in [0.717, 1.165) is 12.2 Å². The summed E-state index contributed by atoms with van der Waals surface area (Å²) in [6, 6.07) is 6.53. The summed E-state index contributed by atoms with van der Waals surface area (Å²) in [5.41, 5.74) is 4.00. The molecule has 1 amide bonds. The molecule has 2 aliphatic rings. The number of carbonyl (C=O) groups is 1. The Labute approximate surface area is 110 Å². The number of rotatable bonds is 1. The molecule has 90 valence electrons. The summed E-state index contributed by atoms with van der Waals surface area (Å²) in [5, 5.41) is 0. The Balaban J connectivity index is 1.91. The number of benzene rings is 1. The summed E-state index contributed by atoms with van der Waals surface area (Å²) in [7, 11) is 0. The number of nitrogens with zero attached hydrogens (tertiary/aromatic N) is 1. The smallest absolute Gasteiger partial charge is 0.228 e. The number of alkyl halides is 1. The number of carbonyl (C=O) groups excluding carboxylic acids is 1. The third-order valence-corrected chi connectivity index (χ3v) is 4.33. The molecule has 1 atom stereocenters. The van der Waals surface area contributed by atoms with Crippen LogP contribution in [0.15, 0.2) is 18.2 Å². The fourth-order valence-electron chi connectivity index (χ4n) is 2.80. The number of anilines is 1. The molecule has 1 aliphatic carbocycles. The number of amides is 1. The highest BCUT2D eigenvalue weighted by atomic mass is 79.9. The number of aryl methyl sites for hydroxylation is 2. The maximum atomic E-state index is 11.8. The molecule has 1 saturated heterocycles. The van der Waals surface area contributed by atoms with Gasteiger partial charge in [-0.2, -0.15) is 0 Å². The lowest BCUT2D eigenvalue weighted by Crippen LogP contribution is -2.24. The van der Waals surface area contributed by atoms with E-state index < -0.39 is 0 Å². The minimum absolute atomic E-state index is 0.239. The molecule has 3 rings (SSSR count). The van der Waals surface area contributed by atoms with Crippen molar-refractivity contribution in [3.8, 4) is 0 Å². The third kappa shape index (κ3) is 2.13. The lowest BCUT2D eigenvalue weighted by molar-refractivity contribution is -0.117. The highest BCUT2D eigenvalue weighted by Crippen LogP contribution is 2.29. The first kappa shape index (κ1) is 11.3. The highest BCUT2D eigenvalue weighted by Gasteiger charge is 2.29. The molecule has 1 heterocycles.